The molecule has 1 rings (SSSR count). The average molecular weight is 256 g/mol. The fourth-order valence-corrected chi connectivity index (χ4v) is 2.26. The molecule has 0 radical (unpaired) electrons. The lowest BCUT2D eigenvalue weighted by Gasteiger charge is -2.34. The number of hydrogen-bond donors (Lipinski definition) is 1. The summed E-state index contributed by atoms with van der Waals surface area (Å²) in [6.07, 6.45) is 4.21. The van der Waals surface area contributed by atoms with Crippen LogP contribution in [-0.2, 0) is 4.79 Å². The van der Waals surface area contributed by atoms with Gasteiger partial charge < -0.3 is 14.9 Å². The number of rotatable bonds is 3. The summed E-state index contributed by atoms with van der Waals surface area (Å²) in [7, 11) is 1.75. The summed E-state index contributed by atoms with van der Waals surface area (Å²) in [5.74, 6) is -0.886. The normalized spacial score (nSPS) is 22.2. The SMILES string of the molecule is CCC(C)N(C)C(=O)N1CCCCCC1C(=O)O. The summed E-state index contributed by atoms with van der Waals surface area (Å²) in [5, 5.41) is 9.25. The van der Waals surface area contributed by atoms with Crippen LogP contribution in [0.2, 0.25) is 0 Å². The standard InChI is InChI=1S/C13H24N2O3/c1-4-10(2)14(3)13(18)15-9-7-5-6-8-11(15)12(16)17/h10-11H,4-9H2,1-3H3,(H,16,17). The highest BCUT2D eigenvalue weighted by Crippen LogP contribution is 2.19. The molecule has 0 bridgehead atoms. The van der Waals surface area contributed by atoms with Crippen molar-refractivity contribution in [3.05, 3.63) is 0 Å². The van der Waals surface area contributed by atoms with E-state index in [2.05, 4.69) is 0 Å². The molecular weight excluding hydrogens is 232 g/mol. The Bertz CT molecular complexity index is 307. The largest absolute Gasteiger partial charge is 0.480 e. The van der Waals surface area contributed by atoms with Crippen LogP contribution >= 0.6 is 0 Å². The maximum absolute atomic E-state index is 12.4. The zero-order valence-corrected chi connectivity index (χ0v) is 11.6. The third-order valence-electron chi connectivity index (χ3n) is 3.84. The lowest BCUT2D eigenvalue weighted by atomic mass is 10.1. The highest BCUT2D eigenvalue weighted by atomic mass is 16.4. The monoisotopic (exact) mass is 256 g/mol. The smallest absolute Gasteiger partial charge is 0.326 e. The second-order valence-corrected chi connectivity index (χ2v) is 5.05. The number of carboxylic acid groups (broad SMARTS) is 1. The van der Waals surface area contributed by atoms with E-state index in [0.29, 0.717) is 13.0 Å². The first-order chi connectivity index (χ1) is 8.49. The van der Waals surface area contributed by atoms with Crippen LogP contribution in [0, 0.1) is 0 Å². The summed E-state index contributed by atoms with van der Waals surface area (Å²) < 4.78 is 0. The molecule has 1 saturated heterocycles. The predicted molar refractivity (Wildman–Crippen MR) is 69.5 cm³/mol. The van der Waals surface area contributed by atoms with Gasteiger partial charge in [0.2, 0.25) is 0 Å². The Labute approximate surface area is 109 Å². The van der Waals surface area contributed by atoms with Gasteiger partial charge in [-0.25, -0.2) is 9.59 Å². The Balaban J connectivity index is 2.81. The molecular formula is C13H24N2O3. The van der Waals surface area contributed by atoms with Crippen LogP contribution in [0.15, 0.2) is 0 Å². The first-order valence-electron chi connectivity index (χ1n) is 6.75. The predicted octanol–water partition coefficient (Wildman–Crippen LogP) is 2.17. The summed E-state index contributed by atoms with van der Waals surface area (Å²) in [6, 6.07) is -0.680. The van der Waals surface area contributed by atoms with E-state index >= 15 is 0 Å². The van der Waals surface area contributed by atoms with Crippen LogP contribution in [0.3, 0.4) is 0 Å². The molecule has 1 fully saturated rings. The number of carbonyl (C=O) groups is 2. The van der Waals surface area contributed by atoms with Crippen molar-refractivity contribution in [2.24, 2.45) is 0 Å². The maximum atomic E-state index is 12.4. The van der Waals surface area contributed by atoms with Crippen molar-refractivity contribution in [2.45, 2.75) is 58.0 Å². The van der Waals surface area contributed by atoms with Gasteiger partial charge in [0.05, 0.1) is 0 Å². The van der Waals surface area contributed by atoms with Crippen molar-refractivity contribution in [3.63, 3.8) is 0 Å². The van der Waals surface area contributed by atoms with Gasteiger partial charge in [-0.1, -0.05) is 19.8 Å². The second kappa shape index (κ2) is 6.61. The van der Waals surface area contributed by atoms with Gasteiger partial charge >= 0.3 is 12.0 Å². The second-order valence-electron chi connectivity index (χ2n) is 5.05. The highest BCUT2D eigenvalue weighted by molar-refractivity contribution is 5.82. The topological polar surface area (TPSA) is 60.9 Å². The van der Waals surface area contributed by atoms with Crippen molar-refractivity contribution >= 4 is 12.0 Å². The Morgan fingerprint density at radius 2 is 2.06 bits per heavy atom. The fourth-order valence-electron chi connectivity index (χ4n) is 2.26. The van der Waals surface area contributed by atoms with Crippen molar-refractivity contribution in [3.8, 4) is 0 Å². The van der Waals surface area contributed by atoms with Gasteiger partial charge in [0, 0.05) is 19.6 Å². The summed E-state index contributed by atoms with van der Waals surface area (Å²) >= 11 is 0. The van der Waals surface area contributed by atoms with E-state index in [0.717, 1.165) is 25.7 Å². The van der Waals surface area contributed by atoms with Crippen molar-refractivity contribution in [2.75, 3.05) is 13.6 Å². The highest BCUT2D eigenvalue weighted by Gasteiger charge is 2.33. The van der Waals surface area contributed by atoms with Crippen LogP contribution in [0.5, 0.6) is 0 Å². The lowest BCUT2D eigenvalue weighted by molar-refractivity contribution is -0.142. The molecule has 1 aliphatic heterocycles. The van der Waals surface area contributed by atoms with Gasteiger partial charge in [0.15, 0.2) is 0 Å². The Kier molecular flexibility index (Phi) is 5.44. The minimum absolute atomic E-state index is 0.134. The molecule has 1 heterocycles. The summed E-state index contributed by atoms with van der Waals surface area (Å²) in [4.78, 5) is 26.8. The zero-order valence-electron chi connectivity index (χ0n) is 11.6. The third kappa shape index (κ3) is 3.37. The van der Waals surface area contributed by atoms with Crippen molar-refractivity contribution < 1.29 is 14.7 Å². The Morgan fingerprint density at radius 3 is 2.61 bits per heavy atom. The molecule has 0 aliphatic carbocycles. The van der Waals surface area contributed by atoms with Crippen LogP contribution in [0.25, 0.3) is 0 Å². The van der Waals surface area contributed by atoms with Crippen molar-refractivity contribution in [1.29, 1.82) is 0 Å². The van der Waals surface area contributed by atoms with Crippen LogP contribution in [0.4, 0.5) is 4.79 Å². The Hall–Kier alpha value is -1.26. The molecule has 0 saturated carbocycles. The third-order valence-corrected chi connectivity index (χ3v) is 3.84. The van der Waals surface area contributed by atoms with Crippen molar-refractivity contribution in [1.82, 2.24) is 9.80 Å². The fraction of sp³-hybridized carbons (Fsp3) is 0.846. The summed E-state index contributed by atoms with van der Waals surface area (Å²) in [5.41, 5.74) is 0. The maximum Gasteiger partial charge on any atom is 0.326 e. The summed E-state index contributed by atoms with van der Waals surface area (Å²) in [6.45, 7) is 4.55. The van der Waals surface area contributed by atoms with E-state index in [-0.39, 0.29) is 12.1 Å². The van der Waals surface area contributed by atoms with Gasteiger partial charge in [-0.05, 0) is 26.2 Å². The average Bonchev–Trinajstić information content (AvgIpc) is 2.61. The van der Waals surface area contributed by atoms with E-state index in [1.807, 2.05) is 13.8 Å². The van der Waals surface area contributed by atoms with Gasteiger partial charge in [-0.3, -0.25) is 0 Å². The number of urea groups is 1. The quantitative estimate of drug-likeness (QED) is 0.841. The van der Waals surface area contributed by atoms with E-state index in [1.54, 1.807) is 11.9 Å². The van der Waals surface area contributed by atoms with Gasteiger partial charge in [-0.2, -0.15) is 0 Å². The number of amides is 2. The van der Waals surface area contributed by atoms with Crippen LogP contribution < -0.4 is 0 Å². The lowest BCUT2D eigenvalue weighted by Crippen LogP contribution is -2.51. The molecule has 2 unspecified atom stereocenters. The number of carboxylic acids is 1. The molecule has 2 atom stereocenters. The first kappa shape index (κ1) is 14.8. The minimum atomic E-state index is -0.886. The van der Waals surface area contributed by atoms with E-state index in [1.165, 1.54) is 4.90 Å². The van der Waals surface area contributed by atoms with Gasteiger partial charge in [0.1, 0.15) is 6.04 Å². The molecule has 0 aromatic rings. The molecule has 2 amide bonds. The number of aliphatic carboxylic acids is 1. The molecule has 5 nitrogen and oxygen atoms in total. The molecule has 18 heavy (non-hydrogen) atoms. The molecule has 1 N–H and O–H groups in total. The molecule has 0 spiro atoms. The van der Waals surface area contributed by atoms with Gasteiger partial charge in [-0.15, -0.1) is 0 Å². The van der Waals surface area contributed by atoms with E-state index in [4.69, 9.17) is 0 Å². The van der Waals surface area contributed by atoms with E-state index in [9.17, 15) is 14.7 Å². The molecule has 5 heteroatoms. The minimum Gasteiger partial charge on any atom is -0.480 e. The molecule has 0 aromatic carbocycles. The van der Waals surface area contributed by atoms with E-state index < -0.39 is 12.0 Å². The Morgan fingerprint density at radius 1 is 1.39 bits per heavy atom. The van der Waals surface area contributed by atoms with Crippen LogP contribution in [0.1, 0.15) is 46.0 Å². The zero-order chi connectivity index (χ0) is 13.7. The number of nitrogens with zero attached hydrogens (tertiary/aromatic N) is 2. The first-order valence-corrected chi connectivity index (χ1v) is 6.75. The number of carbonyl (C=O) groups excluding carboxylic acids is 1. The molecule has 1 aliphatic rings. The van der Waals surface area contributed by atoms with Gasteiger partial charge in [0.25, 0.3) is 0 Å². The molecule has 104 valence electrons. The molecule has 0 aromatic heterocycles. The number of hydrogen-bond acceptors (Lipinski definition) is 2. The van der Waals surface area contributed by atoms with Crippen LogP contribution in [-0.4, -0.2) is 52.6 Å². The number of likely N-dealkylation sites (tertiary alicyclic amines) is 1.